The van der Waals surface area contributed by atoms with Gasteiger partial charge in [-0.15, -0.1) is 0 Å². The molecule has 5 nitrogen and oxygen atoms in total. The first-order chi connectivity index (χ1) is 8.89. The van der Waals surface area contributed by atoms with Crippen LogP contribution in [0, 0.1) is 5.41 Å². The smallest absolute Gasteiger partial charge is 0.216 e. The predicted molar refractivity (Wildman–Crippen MR) is 73.6 cm³/mol. The van der Waals surface area contributed by atoms with Gasteiger partial charge in [-0.3, -0.25) is 0 Å². The van der Waals surface area contributed by atoms with E-state index in [-0.39, 0.29) is 23.9 Å². The first-order valence-electron chi connectivity index (χ1n) is 7.06. The Balaban J connectivity index is 1.75. The molecule has 0 bridgehead atoms. The van der Waals surface area contributed by atoms with Crippen molar-refractivity contribution in [2.24, 2.45) is 5.41 Å². The molecule has 112 valence electrons. The summed E-state index contributed by atoms with van der Waals surface area (Å²) in [5.74, 6) is 0.0872. The van der Waals surface area contributed by atoms with Crippen molar-refractivity contribution in [3.8, 4) is 0 Å². The summed E-state index contributed by atoms with van der Waals surface area (Å²) in [6.07, 6.45) is 2.82. The Labute approximate surface area is 116 Å². The van der Waals surface area contributed by atoms with Crippen LogP contribution >= 0.6 is 0 Å². The monoisotopic (exact) mass is 291 g/mol. The van der Waals surface area contributed by atoms with Crippen LogP contribution < -0.4 is 0 Å². The molecule has 0 aliphatic carbocycles. The third-order valence-corrected chi connectivity index (χ3v) is 5.89. The van der Waals surface area contributed by atoms with Gasteiger partial charge in [0.1, 0.15) is 0 Å². The Morgan fingerprint density at radius 1 is 1.32 bits per heavy atom. The van der Waals surface area contributed by atoms with E-state index in [0.717, 1.165) is 25.9 Å². The molecule has 2 aliphatic heterocycles. The number of ether oxygens (including phenoxy) is 2. The lowest BCUT2D eigenvalue weighted by molar-refractivity contribution is 0.0514. The van der Waals surface area contributed by atoms with Crippen LogP contribution in [-0.4, -0.2) is 57.5 Å². The fourth-order valence-corrected chi connectivity index (χ4v) is 3.77. The molecule has 0 aromatic carbocycles. The minimum absolute atomic E-state index is 0.0792. The first kappa shape index (κ1) is 15.2. The molecular formula is C13H25NO4S. The molecule has 1 atom stereocenters. The van der Waals surface area contributed by atoms with Crippen molar-refractivity contribution in [1.29, 1.82) is 0 Å². The number of nitrogens with zero attached hydrogens (tertiary/aromatic N) is 1. The van der Waals surface area contributed by atoms with Gasteiger partial charge < -0.3 is 9.47 Å². The molecule has 6 heteroatoms. The minimum atomic E-state index is -3.16. The van der Waals surface area contributed by atoms with Gasteiger partial charge >= 0.3 is 0 Å². The zero-order chi connectivity index (χ0) is 13.9. The number of sulfonamides is 1. The van der Waals surface area contributed by atoms with Crippen molar-refractivity contribution in [1.82, 2.24) is 4.31 Å². The molecule has 1 unspecified atom stereocenters. The summed E-state index contributed by atoms with van der Waals surface area (Å²) in [4.78, 5) is 0. The lowest BCUT2D eigenvalue weighted by Crippen LogP contribution is -2.42. The molecule has 2 heterocycles. The molecule has 0 radical (unpaired) electrons. The SMILES string of the molecule is CC1(C)CCN(S(=O)(=O)CCOC2CCOC2)CC1. The van der Waals surface area contributed by atoms with E-state index < -0.39 is 10.0 Å². The maximum atomic E-state index is 12.2. The van der Waals surface area contributed by atoms with E-state index in [9.17, 15) is 8.42 Å². The standard InChI is InChI=1S/C13H25NO4S/c1-13(2)4-6-14(7-5-13)19(15,16)10-9-18-12-3-8-17-11-12/h12H,3-11H2,1-2H3. The Morgan fingerprint density at radius 3 is 2.58 bits per heavy atom. The molecule has 0 spiro atoms. The quantitative estimate of drug-likeness (QED) is 0.765. The summed E-state index contributed by atoms with van der Waals surface area (Å²) in [5.41, 5.74) is 0.268. The Morgan fingerprint density at radius 2 is 2.00 bits per heavy atom. The van der Waals surface area contributed by atoms with Crippen molar-refractivity contribution < 1.29 is 17.9 Å². The van der Waals surface area contributed by atoms with Gasteiger partial charge in [0, 0.05) is 19.7 Å². The van der Waals surface area contributed by atoms with Crippen LogP contribution in [0.25, 0.3) is 0 Å². The third-order valence-electron chi connectivity index (χ3n) is 4.05. The highest BCUT2D eigenvalue weighted by Crippen LogP contribution is 2.30. The van der Waals surface area contributed by atoms with Crippen molar-refractivity contribution in [2.75, 3.05) is 38.7 Å². The van der Waals surface area contributed by atoms with Crippen LogP contribution in [0.5, 0.6) is 0 Å². The van der Waals surface area contributed by atoms with E-state index in [0.29, 0.717) is 19.7 Å². The molecule has 0 N–H and O–H groups in total. The second kappa shape index (κ2) is 6.08. The molecule has 0 aromatic heterocycles. The first-order valence-corrected chi connectivity index (χ1v) is 8.67. The van der Waals surface area contributed by atoms with Gasteiger partial charge in [0.05, 0.1) is 25.1 Å². The minimum Gasteiger partial charge on any atom is -0.379 e. The molecular weight excluding hydrogens is 266 g/mol. The number of rotatable bonds is 5. The maximum Gasteiger partial charge on any atom is 0.216 e. The zero-order valence-electron chi connectivity index (χ0n) is 11.9. The van der Waals surface area contributed by atoms with Crippen molar-refractivity contribution in [3.05, 3.63) is 0 Å². The average Bonchev–Trinajstić information content (AvgIpc) is 2.81. The Hall–Kier alpha value is -0.170. The summed E-state index contributed by atoms with van der Waals surface area (Å²) in [6, 6.07) is 0. The summed E-state index contributed by atoms with van der Waals surface area (Å²) >= 11 is 0. The molecule has 2 saturated heterocycles. The largest absolute Gasteiger partial charge is 0.379 e. The maximum absolute atomic E-state index is 12.2. The van der Waals surface area contributed by atoms with E-state index >= 15 is 0 Å². The van der Waals surface area contributed by atoms with Gasteiger partial charge in [-0.1, -0.05) is 13.8 Å². The van der Waals surface area contributed by atoms with Gasteiger partial charge in [-0.05, 0) is 24.7 Å². The number of hydrogen-bond acceptors (Lipinski definition) is 4. The van der Waals surface area contributed by atoms with E-state index in [1.54, 1.807) is 4.31 Å². The molecule has 0 amide bonds. The van der Waals surface area contributed by atoms with Gasteiger partial charge in [-0.2, -0.15) is 0 Å². The molecule has 2 rings (SSSR count). The van der Waals surface area contributed by atoms with Crippen molar-refractivity contribution in [2.45, 2.75) is 39.2 Å². The van der Waals surface area contributed by atoms with Crippen LogP contribution in [0.3, 0.4) is 0 Å². The average molecular weight is 291 g/mol. The topological polar surface area (TPSA) is 55.8 Å². The third kappa shape index (κ3) is 4.41. The molecule has 19 heavy (non-hydrogen) atoms. The second-order valence-electron chi connectivity index (χ2n) is 6.24. The van der Waals surface area contributed by atoms with Gasteiger partial charge in [-0.25, -0.2) is 12.7 Å². The van der Waals surface area contributed by atoms with Gasteiger partial charge in [0.25, 0.3) is 0 Å². The van der Waals surface area contributed by atoms with E-state index in [4.69, 9.17) is 9.47 Å². The van der Waals surface area contributed by atoms with E-state index in [1.165, 1.54) is 0 Å². The van der Waals surface area contributed by atoms with Crippen molar-refractivity contribution >= 4 is 10.0 Å². The predicted octanol–water partition coefficient (Wildman–Crippen LogP) is 1.24. The zero-order valence-corrected chi connectivity index (χ0v) is 12.7. The van der Waals surface area contributed by atoms with Crippen LogP contribution in [0.15, 0.2) is 0 Å². The van der Waals surface area contributed by atoms with Gasteiger partial charge in [0.2, 0.25) is 10.0 Å². The summed E-state index contributed by atoms with van der Waals surface area (Å²) in [7, 11) is -3.16. The van der Waals surface area contributed by atoms with E-state index in [1.807, 2.05) is 0 Å². The lowest BCUT2D eigenvalue weighted by atomic mass is 9.83. The fraction of sp³-hybridized carbons (Fsp3) is 1.00. The highest BCUT2D eigenvalue weighted by Gasteiger charge is 2.31. The Kier molecular flexibility index (Phi) is 4.87. The van der Waals surface area contributed by atoms with Crippen molar-refractivity contribution in [3.63, 3.8) is 0 Å². The normalized spacial score (nSPS) is 28.6. The van der Waals surface area contributed by atoms with Crippen LogP contribution in [0.1, 0.15) is 33.1 Å². The van der Waals surface area contributed by atoms with E-state index in [2.05, 4.69) is 13.8 Å². The fourth-order valence-electron chi connectivity index (χ4n) is 2.46. The molecule has 0 aromatic rings. The number of piperidine rings is 1. The highest BCUT2D eigenvalue weighted by atomic mass is 32.2. The molecule has 0 saturated carbocycles. The summed E-state index contributed by atoms with van der Waals surface area (Å²) in [5, 5.41) is 0. The highest BCUT2D eigenvalue weighted by molar-refractivity contribution is 7.89. The van der Waals surface area contributed by atoms with Gasteiger partial charge in [0.15, 0.2) is 0 Å². The summed E-state index contributed by atoms with van der Waals surface area (Å²) in [6.45, 7) is 7.26. The summed E-state index contributed by atoms with van der Waals surface area (Å²) < 4.78 is 36.7. The van der Waals surface area contributed by atoms with Crippen LogP contribution in [-0.2, 0) is 19.5 Å². The lowest BCUT2D eigenvalue weighted by Gasteiger charge is -2.36. The van der Waals surface area contributed by atoms with Crippen LogP contribution in [0.4, 0.5) is 0 Å². The number of hydrogen-bond donors (Lipinski definition) is 0. The molecule has 2 aliphatic rings. The Bertz CT molecular complexity index is 377. The second-order valence-corrected chi connectivity index (χ2v) is 8.32. The molecule has 2 fully saturated rings. The van der Waals surface area contributed by atoms with Crippen LogP contribution in [0.2, 0.25) is 0 Å².